The van der Waals surface area contributed by atoms with Crippen molar-refractivity contribution in [1.29, 1.82) is 0 Å². The van der Waals surface area contributed by atoms with E-state index >= 15 is 0 Å². The Hall–Kier alpha value is -4.20. The van der Waals surface area contributed by atoms with Crippen LogP contribution in [0.15, 0.2) is 70.9 Å². The highest BCUT2D eigenvalue weighted by Crippen LogP contribution is 2.41. The number of furan rings is 1. The molecule has 1 N–H and O–H groups in total. The number of ketones is 1. The number of benzene rings is 2. The Kier molecular flexibility index (Phi) is 6.08. The van der Waals surface area contributed by atoms with Gasteiger partial charge in [-0.05, 0) is 48.0 Å². The maximum absolute atomic E-state index is 13.1. The first-order valence-corrected chi connectivity index (χ1v) is 10.2. The monoisotopic (exact) mass is 449 g/mol. The van der Waals surface area contributed by atoms with Gasteiger partial charge in [-0.2, -0.15) is 0 Å². The van der Waals surface area contributed by atoms with Gasteiger partial charge in [0.1, 0.15) is 17.3 Å². The third-order valence-electron chi connectivity index (χ3n) is 5.53. The highest BCUT2D eigenvalue weighted by molar-refractivity contribution is 6.46. The highest BCUT2D eigenvalue weighted by Gasteiger charge is 2.46. The number of Topliss-reactive ketones (excluding diaryl/α,β-unsaturated/α-hetero) is 1. The fourth-order valence-corrected chi connectivity index (χ4v) is 3.89. The average Bonchev–Trinajstić information content (AvgIpc) is 3.45. The first-order chi connectivity index (χ1) is 16.0. The molecule has 0 aliphatic carbocycles. The molecule has 1 fully saturated rings. The van der Waals surface area contributed by atoms with Crippen molar-refractivity contribution in [1.82, 2.24) is 4.90 Å². The standard InChI is InChI=1S/C25H23NO7/c1-30-17-9-6-15(7-10-17)22-21(23(27)16-8-11-19(31-2)20(13-16)32-3)24(28)25(29)26(22)14-18-5-4-12-33-18/h4-13,22,27H,14H2,1-3H3/t22-/m0/s1. The van der Waals surface area contributed by atoms with E-state index in [4.69, 9.17) is 18.6 Å². The van der Waals surface area contributed by atoms with E-state index in [2.05, 4.69) is 0 Å². The predicted molar refractivity (Wildman–Crippen MR) is 119 cm³/mol. The van der Waals surface area contributed by atoms with Gasteiger partial charge in [-0.25, -0.2) is 0 Å². The zero-order chi connectivity index (χ0) is 23.5. The van der Waals surface area contributed by atoms with Gasteiger partial charge in [-0.15, -0.1) is 0 Å². The van der Waals surface area contributed by atoms with E-state index in [0.29, 0.717) is 34.1 Å². The molecule has 33 heavy (non-hydrogen) atoms. The molecule has 1 aliphatic heterocycles. The van der Waals surface area contributed by atoms with Crippen LogP contribution in [0.1, 0.15) is 22.9 Å². The van der Waals surface area contributed by atoms with Gasteiger partial charge in [-0.3, -0.25) is 9.59 Å². The third-order valence-corrected chi connectivity index (χ3v) is 5.53. The summed E-state index contributed by atoms with van der Waals surface area (Å²) < 4.78 is 21.2. The molecule has 4 rings (SSSR count). The minimum Gasteiger partial charge on any atom is -0.507 e. The molecule has 0 unspecified atom stereocenters. The molecule has 2 aromatic carbocycles. The summed E-state index contributed by atoms with van der Waals surface area (Å²) in [6, 6.07) is 14.4. The van der Waals surface area contributed by atoms with Crippen LogP contribution >= 0.6 is 0 Å². The Labute approximate surface area is 190 Å². The molecule has 1 saturated heterocycles. The molecule has 1 aromatic heterocycles. The Morgan fingerprint density at radius 3 is 2.30 bits per heavy atom. The van der Waals surface area contributed by atoms with Crippen LogP contribution in [0, 0.1) is 0 Å². The van der Waals surface area contributed by atoms with Gasteiger partial charge in [0.05, 0.1) is 45.8 Å². The largest absolute Gasteiger partial charge is 0.507 e. The van der Waals surface area contributed by atoms with Crippen LogP contribution < -0.4 is 14.2 Å². The number of carbonyl (C=O) groups excluding carboxylic acids is 2. The van der Waals surface area contributed by atoms with Gasteiger partial charge < -0.3 is 28.6 Å². The van der Waals surface area contributed by atoms with Crippen LogP contribution in [0.25, 0.3) is 5.76 Å². The van der Waals surface area contributed by atoms with Crippen molar-refractivity contribution >= 4 is 17.4 Å². The molecule has 1 atom stereocenters. The van der Waals surface area contributed by atoms with Crippen LogP contribution in [-0.4, -0.2) is 43.0 Å². The topological polar surface area (TPSA) is 98.4 Å². The number of aliphatic hydroxyl groups excluding tert-OH is 1. The van der Waals surface area contributed by atoms with Gasteiger partial charge in [0.25, 0.3) is 11.7 Å². The average molecular weight is 449 g/mol. The van der Waals surface area contributed by atoms with Crippen molar-refractivity contribution in [3.8, 4) is 17.2 Å². The third kappa shape index (κ3) is 4.03. The van der Waals surface area contributed by atoms with E-state index in [1.165, 1.54) is 25.4 Å². The smallest absolute Gasteiger partial charge is 0.296 e. The van der Waals surface area contributed by atoms with Crippen molar-refractivity contribution in [2.45, 2.75) is 12.6 Å². The molecular weight excluding hydrogens is 426 g/mol. The summed E-state index contributed by atoms with van der Waals surface area (Å²) in [5.41, 5.74) is 0.940. The van der Waals surface area contributed by atoms with Gasteiger partial charge >= 0.3 is 0 Å². The maximum atomic E-state index is 13.1. The number of methoxy groups -OCH3 is 3. The molecule has 0 radical (unpaired) electrons. The molecule has 3 aromatic rings. The zero-order valence-electron chi connectivity index (χ0n) is 18.4. The van der Waals surface area contributed by atoms with E-state index in [0.717, 1.165) is 0 Å². The highest BCUT2D eigenvalue weighted by atomic mass is 16.5. The fraction of sp³-hybridized carbons (Fsp3) is 0.200. The maximum Gasteiger partial charge on any atom is 0.296 e. The van der Waals surface area contributed by atoms with Crippen LogP contribution in [-0.2, 0) is 16.1 Å². The summed E-state index contributed by atoms with van der Waals surface area (Å²) in [5.74, 6) is 0.176. The first kappa shape index (κ1) is 22.0. The second kappa shape index (κ2) is 9.12. The normalized spacial score (nSPS) is 17.3. The number of carbonyl (C=O) groups is 2. The minimum absolute atomic E-state index is 0.0241. The fourth-order valence-electron chi connectivity index (χ4n) is 3.89. The van der Waals surface area contributed by atoms with E-state index in [-0.39, 0.29) is 17.9 Å². The number of nitrogens with zero attached hydrogens (tertiary/aromatic N) is 1. The Balaban J connectivity index is 1.86. The second-order valence-corrected chi connectivity index (χ2v) is 7.35. The van der Waals surface area contributed by atoms with Crippen molar-refractivity contribution in [3.05, 3.63) is 83.3 Å². The molecule has 0 bridgehead atoms. The lowest BCUT2D eigenvalue weighted by Gasteiger charge is -2.24. The lowest BCUT2D eigenvalue weighted by molar-refractivity contribution is -0.140. The van der Waals surface area contributed by atoms with Crippen molar-refractivity contribution in [3.63, 3.8) is 0 Å². The van der Waals surface area contributed by atoms with E-state index in [1.807, 2.05) is 0 Å². The SMILES string of the molecule is COc1ccc([C@H]2C(=C(O)c3ccc(OC)c(OC)c3)C(=O)C(=O)N2Cc2ccco2)cc1. The quantitative estimate of drug-likeness (QED) is 0.332. The molecule has 1 amide bonds. The molecule has 1 aliphatic rings. The molecule has 8 heteroatoms. The Morgan fingerprint density at radius 1 is 0.970 bits per heavy atom. The van der Waals surface area contributed by atoms with Crippen LogP contribution in [0.5, 0.6) is 17.2 Å². The number of aliphatic hydroxyl groups is 1. The number of likely N-dealkylation sites (tertiary alicyclic amines) is 1. The Bertz CT molecular complexity index is 1200. The van der Waals surface area contributed by atoms with Gasteiger partial charge in [0.2, 0.25) is 0 Å². The Morgan fingerprint density at radius 2 is 1.70 bits per heavy atom. The van der Waals surface area contributed by atoms with Crippen LogP contribution in [0.4, 0.5) is 0 Å². The predicted octanol–water partition coefficient (Wildman–Crippen LogP) is 3.93. The summed E-state index contributed by atoms with van der Waals surface area (Å²) in [6.07, 6.45) is 1.50. The molecular formula is C25H23NO7. The first-order valence-electron chi connectivity index (χ1n) is 10.2. The van der Waals surface area contributed by atoms with Gasteiger partial charge in [0.15, 0.2) is 11.5 Å². The minimum atomic E-state index is -0.825. The summed E-state index contributed by atoms with van der Waals surface area (Å²) in [7, 11) is 4.53. The van der Waals surface area contributed by atoms with Gasteiger partial charge in [-0.1, -0.05) is 12.1 Å². The lowest BCUT2D eigenvalue weighted by Crippen LogP contribution is -2.29. The summed E-state index contributed by atoms with van der Waals surface area (Å²) in [4.78, 5) is 27.5. The number of hydrogen-bond donors (Lipinski definition) is 1. The zero-order valence-corrected chi connectivity index (χ0v) is 18.4. The van der Waals surface area contributed by atoms with E-state index < -0.39 is 17.7 Å². The molecule has 2 heterocycles. The number of hydrogen-bond acceptors (Lipinski definition) is 7. The van der Waals surface area contributed by atoms with Crippen molar-refractivity contribution in [2.75, 3.05) is 21.3 Å². The van der Waals surface area contributed by atoms with E-state index in [9.17, 15) is 14.7 Å². The lowest BCUT2D eigenvalue weighted by atomic mass is 9.95. The summed E-state index contributed by atoms with van der Waals surface area (Å²) in [6.45, 7) is 0.0665. The van der Waals surface area contributed by atoms with Crippen LogP contribution in [0.2, 0.25) is 0 Å². The number of ether oxygens (including phenoxy) is 3. The number of rotatable bonds is 7. The number of amides is 1. The molecule has 0 saturated carbocycles. The van der Waals surface area contributed by atoms with Gasteiger partial charge in [0, 0.05) is 5.56 Å². The molecule has 170 valence electrons. The summed E-state index contributed by atoms with van der Waals surface area (Å²) >= 11 is 0. The molecule has 8 nitrogen and oxygen atoms in total. The second-order valence-electron chi connectivity index (χ2n) is 7.35. The van der Waals surface area contributed by atoms with Crippen molar-refractivity contribution in [2.24, 2.45) is 0 Å². The van der Waals surface area contributed by atoms with E-state index in [1.54, 1.807) is 61.7 Å². The molecule has 0 spiro atoms. The van der Waals surface area contributed by atoms with Crippen LogP contribution in [0.3, 0.4) is 0 Å². The summed E-state index contributed by atoms with van der Waals surface area (Å²) in [5, 5.41) is 11.2. The van der Waals surface area contributed by atoms with Crippen molar-refractivity contribution < 1.29 is 33.3 Å².